The molecule has 1 aromatic heterocycles. The number of anilines is 1. The van der Waals surface area contributed by atoms with Crippen LogP contribution in [0.4, 0.5) is 18.9 Å². The van der Waals surface area contributed by atoms with Gasteiger partial charge >= 0.3 is 6.18 Å². The molecule has 2 rings (SSSR count). The molecule has 0 spiro atoms. The molecule has 1 N–H and O–H groups in total. The molecule has 0 radical (unpaired) electrons. The summed E-state index contributed by atoms with van der Waals surface area (Å²) in [5.41, 5.74) is -1.23. The fraction of sp³-hybridized carbons (Fsp3) is 0.143. The van der Waals surface area contributed by atoms with Gasteiger partial charge in [-0.05, 0) is 24.3 Å². The Morgan fingerprint density at radius 3 is 2.50 bits per heavy atom. The van der Waals surface area contributed by atoms with Gasteiger partial charge in [-0.1, -0.05) is 15.9 Å². The van der Waals surface area contributed by atoms with Crippen LogP contribution in [0, 0.1) is 0 Å². The number of aromatic nitrogens is 1. The average molecular weight is 375 g/mol. The zero-order valence-electron chi connectivity index (χ0n) is 11.2. The lowest BCUT2D eigenvalue weighted by Crippen LogP contribution is -2.20. The van der Waals surface area contributed by atoms with E-state index >= 15 is 0 Å². The zero-order valence-corrected chi connectivity index (χ0v) is 12.8. The number of nitrogens with one attached hydrogen (secondary N) is 1. The quantitative estimate of drug-likeness (QED) is 0.875. The van der Waals surface area contributed by atoms with Crippen LogP contribution < -0.4 is 10.9 Å². The highest BCUT2D eigenvalue weighted by Gasteiger charge is 2.33. The predicted molar refractivity (Wildman–Crippen MR) is 78.8 cm³/mol. The van der Waals surface area contributed by atoms with Crippen molar-refractivity contribution in [1.29, 1.82) is 0 Å². The van der Waals surface area contributed by atoms with E-state index < -0.39 is 17.6 Å². The normalized spacial score (nSPS) is 11.3. The molecule has 0 aliphatic heterocycles. The molecule has 1 aromatic carbocycles. The van der Waals surface area contributed by atoms with Gasteiger partial charge in [-0.3, -0.25) is 9.59 Å². The van der Waals surface area contributed by atoms with E-state index in [9.17, 15) is 22.8 Å². The number of hydrogen-bond acceptors (Lipinski definition) is 2. The second kappa shape index (κ2) is 5.96. The molecule has 8 heteroatoms. The molecule has 2 aromatic rings. The summed E-state index contributed by atoms with van der Waals surface area (Å²) in [4.78, 5) is 23.4. The summed E-state index contributed by atoms with van der Waals surface area (Å²) in [6.07, 6.45) is -3.14. The number of nitrogens with zero attached hydrogens (tertiary/aromatic N) is 1. The fourth-order valence-electron chi connectivity index (χ4n) is 1.71. The Morgan fingerprint density at radius 1 is 1.23 bits per heavy atom. The third-order valence-corrected chi connectivity index (χ3v) is 3.59. The standard InChI is InChI=1S/C14H10BrF3N2O2/c1-20-5-4-8(6-12(20)21)13(22)19-9-2-3-11(15)10(7-9)14(16,17)18/h2-7H,1H3,(H,19,22). The second-order valence-electron chi connectivity index (χ2n) is 4.51. The van der Waals surface area contributed by atoms with Crippen LogP contribution in [0.3, 0.4) is 0 Å². The minimum Gasteiger partial charge on any atom is -0.322 e. The van der Waals surface area contributed by atoms with Gasteiger partial charge in [0.1, 0.15) is 0 Å². The largest absolute Gasteiger partial charge is 0.417 e. The average Bonchev–Trinajstić information content (AvgIpc) is 2.42. The first-order chi connectivity index (χ1) is 10.2. The molecular weight excluding hydrogens is 365 g/mol. The molecule has 0 saturated heterocycles. The van der Waals surface area contributed by atoms with Crippen LogP contribution >= 0.6 is 15.9 Å². The Kier molecular flexibility index (Phi) is 4.41. The Morgan fingerprint density at radius 2 is 1.91 bits per heavy atom. The van der Waals surface area contributed by atoms with E-state index in [1.807, 2.05) is 0 Å². The van der Waals surface area contributed by atoms with Crippen LogP contribution in [0.25, 0.3) is 0 Å². The molecule has 0 saturated carbocycles. The summed E-state index contributed by atoms with van der Waals surface area (Å²) >= 11 is 2.82. The van der Waals surface area contributed by atoms with Crippen molar-refractivity contribution in [3.05, 3.63) is 62.5 Å². The van der Waals surface area contributed by atoms with Gasteiger partial charge in [0, 0.05) is 35.0 Å². The second-order valence-corrected chi connectivity index (χ2v) is 5.37. The van der Waals surface area contributed by atoms with Gasteiger partial charge < -0.3 is 9.88 Å². The molecule has 0 aliphatic carbocycles. The SMILES string of the molecule is Cn1ccc(C(=O)Nc2ccc(Br)c(C(F)(F)F)c2)cc1=O. The molecule has 22 heavy (non-hydrogen) atoms. The highest BCUT2D eigenvalue weighted by molar-refractivity contribution is 9.10. The summed E-state index contributed by atoms with van der Waals surface area (Å²) in [6, 6.07) is 5.86. The number of carbonyl (C=O) groups is 1. The van der Waals surface area contributed by atoms with E-state index in [1.165, 1.54) is 36.0 Å². The lowest BCUT2D eigenvalue weighted by atomic mass is 10.2. The first-order valence-corrected chi connectivity index (χ1v) is 6.82. The number of halogens is 4. The number of hydrogen-bond donors (Lipinski definition) is 1. The van der Waals surface area contributed by atoms with Crippen molar-refractivity contribution in [1.82, 2.24) is 4.57 Å². The van der Waals surface area contributed by atoms with Crippen LogP contribution in [0.2, 0.25) is 0 Å². The molecule has 1 amide bonds. The zero-order chi connectivity index (χ0) is 16.5. The Bertz CT molecular complexity index is 784. The summed E-state index contributed by atoms with van der Waals surface area (Å²) in [5, 5.41) is 2.34. The Hall–Kier alpha value is -2.09. The maximum atomic E-state index is 12.8. The van der Waals surface area contributed by atoms with Crippen LogP contribution in [0.1, 0.15) is 15.9 Å². The van der Waals surface area contributed by atoms with Crippen molar-refractivity contribution in [2.75, 3.05) is 5.32 Å². The van der Waals surface area contributed by atoms with Crippen molar-refractivity contribution in [3.63, 3.8) is 0 Å². The third-order valence-electron chi connectivity index (χ3n) is 2.90. The number of alkyl halides is 3. The topological polar surface area (TPSA) is 51.1 Å². The van der Waals surface area contributed by atoms with Crippen molar-refractivity contribution < 1.29 is 18.0 Å². The highest BCUT2D eigenvalue weighted by Crippen LogP contribution is 2.36. The van der Waals surface area contributed by atoms with E-state index in [-0.39, 0.29) is 21.3 Å². The van der Waals surface area contributed by atoms with E-state index in [2.05, 4.69) is 21.2 Å². The van der Waals surface area contributed by atoms with Crippen molar-refractivity contribution >= 4 is 27.5 Å². The summed E-state index contributed by atoms with van der Waals surface area (Å²) in [7, 11) is 1.52. The van der Waals surface area contributed by atoms with Crippen LogP contribution in [0.15, 0.2) is 45.8 Å². The van der Waals surface area contributed by atoms with Gasteiger partial charge in [-0.2, -0.15) is 13.2 Å². The van der Waals surface area contributed by atoms with Crippen LogP contribution in [-0.2, 0) is 13.2 Å². The molecule has 4 nitrogen and oxygen atoms in total. The lowest BCUT2D eigenvalue weighted by Gasteiger charge is -2.12. The first-order valence-electron chi connectivity index (χ1n) is 6.03. The minimum absolute atomic E-state index is 0.0128. The van der Waals surface area contributed by atoms with Gasteiger partial charge in [0.05, 0.1) is 5.56 Å². The van der Waals surface area contributed by atoms with Gasteiger partial charge in [0.25, 0.3) is 11.5 Å². The summed E-state index contributed by atoms with van der Waals surface area (Å²) < 4.78 is 39.6. The number of benzene rings is 1. The third kappa shape index (κ3) is 3.56. The van der Waals surface area contributed by atoms with Crippen molar-refractivity contribution in [3.8, 4) is 0 Å². The predicted octanol–water partition coefficient (Wildman–Crippen LogP) is 3.42. The number of pyridine rings is 1. The smallest absolute Gasteiger partial charge is 0.322 e. The van der Waals surface area contributed by atoms with Crippen LogP contribution in [-0.4, -0.2) is 10.5 Å². The van der Waals surface area contributed by atoms with Crippen molar-refractivity contribution in [2.24, 2.45) is 7.05 Å². The summed E-state index contributed by atoms with van der Waals surface area (Å²) in [5.74, 6) is -0.659. The van der Waals surface area contributed by atoms with Crippen molar-refractivity contribution in [2.45, 2.75) is 6.18 Å². The highest BCUT2D eigenvalue weighted by atomic mass is 79.9. The molecular formula is C14H10BrF3N2O2. The molecule has 116 valence electrons. The van der Waals surface area contributed by atoms with Gasteiger partial charge in [0.15, 0.2) is 0 Å². The van der Waals surface area contributed by atoms with Gasteiger partial charge in [-0.25, -0.2) is 0 Å². The van der Waals surface area contributed by atoms with Crippen LogP contribution in [0.5, 0.6) is 0 Å². The van der Waals surface area contributed by atoms with E-state index in [0.717, 1.165) is 12.1 Å². The van der Waals surface area contributed by atoms with Gasteiger partial charge in [-0.15, -0.1) is 0 Å². The molecule has 0 bridgehead atoms. The fourth-order valence-corrected chi connectivity index (χ4v) is 2.18. The van der Waals surface area contributed by atoms with E-state index in [1.54, 1.807) is 0 Å². The molecule has 0 atom stereocenters. The van der Waals surface area contributed by atoms with E-state index in [4.69, 9.17) is 0 Å². The number of aryl methyl sites for hydroxylation is 1. The van der Waals surface area contributed by atoms with E-state index in [0.29, 0.717) is 0 Å². The molecule has 0 fully saturated rings. The Labute approximate surface area is 131 Å². The number of amides is 1. The Balaban J connectivity index is 2.29. The summed E-state index contributed by atoms with van der Waals surface area (Å²) in [6.45, 7) is 0. The maximum Gasteiger partial charge on any atom is 0.417 e. The number of rotatable bonds is 2. The molecule has 1 heterocycles. The molecule has 0 aliphatic rings. The molecule has 0 unspecified atom stereocenters. The maximum absolute atomic E-state index is 12.8. The minimum atomic E-state index is -4.54. The first kappa shape index (κ1) is 16.3. The lowest BCUT2D eigenvalue weighted by molar-refractivity contribution is -0.138. The van der Waals surface area contributed by atoms with Gasteiger partial charge in [0.2, 0.25) is 0 Å². The number of carbonyl (C=O) groups excluding carboxylic acids is 1. The monoisotopic (exact) mass is 374 g/mol.